The number of ether oxygens (including phenoxy) is 4. The summed E-state index contributed by atoms with van der Waals surface area (Å²) in [5, 5.41) is 4.08. The first kappa shape index (κ1) is 18.4. The average molecular weight is 370 g/mol. The SMILES string of the molecule is COc1ccc(NCc2cc3cc(OC)c(OC)cc3[nH]c2=O)c(OC)c1. The van der Waals surface area contributed by atoms with Crippen LogP contribution < -0.4 is 29.8 Å². The summed E-state index contributed by atoms with van der Waals surface area (Å²) in [5.41, 5.74) is 1.87. The maximum absolute atomic E-state index is 12.4. The highest BCUT2D eigenvalue weighted by molar-refractivity contribution is 5.83. The van der Waals surface area contributed by atoms with E-state index < -0.39 is 0 Å². The van der Waals surface area contributed by atoms with Crippen molar-refractivity contribution in [2.75, 3.05) is 33.8 Å². The molecule has 0 fully saturated rings. The van der Waals surface area contributed by atoms with Crippen molar-refractivity contribution in [2.45, 2.75) is 6.54 Å². The molecule has 0 aliphatic carbocycles. The first-order valence-electron chi connectivity index (χ1n) is 8.33. The lowest BCUT2D eigenvalue weighted by molar-refractivity contribution is 0.356. The van der Waals surface area contributed by atoms with Gasteiger partial charge in [0.25, 0.3) is 5.56 Å². The average Bonchev–Trinajstić information content (AvgIpc) is 2.71. The van der Waals surface area contributed by atoms with Gasteiger partial charge < -0.3 is 29.2 Å². The molecular weight excluding hydrogens is 348 g/mol. The van der Waals surface area contributed by atoms with Gasteiger partial charge in [0.15, 0.2) is 11.5 Å². The molecule has 142 valence electrons. The van der Waals surface area contributed by atoms with Gasteiger partial charge in [-0.25, -0.2) is 0 Å². The fourth-order valence-electron chi connectivity index (χ4n) is 2.84. The molecule has 0 radical (unpaired) electrons. The largest absolute Gasteiger partial charge is 0.497 e. The van der Waals surface area contributed by atoms with Crippen molar-refractivity contribution in [3.05, 3.63) is 52.3 Å². The minimum Gasteiger partial charge on any atom is -0.497 e. The molecule has 3 aromatic rings. The Labute approximate surface area is 156 Å². The number of rotatable bonds is 7. The van der Waals surface area contributed by atoms with Gasteiger partial charge in [-0.1, -0.05) is 0 Å². The molecule has 2 N–H and O–H groups in total. The number of aromatic nitrogens is 1. The fraction of sp³-hybridized carbons (Fsp3) is 0.250. The van der Waals surface area contributed by atoms with Crippen molar-refractivity contribution >= 4 is 16.6 Å². The molecule has 0 bridgehead atoms. The standard InChI is InChI=1S/C20H22N2O5/c1-24-14-5-6-15(17(9-14)25-2)21-11-13-7-12-8-18(26-3)19(27-4)10-16(12)22-20(13)23/h5-10,21H,11H2,1-4H3,(H,22,23). The van der Waals surface area contributed by atoms with Crippen molar-refractivity contribution in [1.82, 2.24) is 4.98 Å². The Balaban J connectivity index is 1.91. The highest BCUT2D eigenvalue weighted by Crippen LogP contribution is 2.32. The van der Waals surface area contributed by atoms with Gasteiger partial charge in [0.2, 0.25) is 0 Å². The van der Waals surface area contributed by atoms with Crippen LogP contribution in [0.15, 0.2) is 41.2 Å². The minimum atomic E-state index is -0.172. The Hall–Kier alpha value is -3.35. The Bertz CT molecular complexity index is 1010. The molecular formula is C20H22N2O5. The topological polar surface area (TPSA) is 81.8 Å². The van der Waals surface area contributed by atoms with E-state index >= 15 is 0 Å². The third-order valence-electron chi connectivity index (χ3n) is 4.30. The summed E-state index contributed by atoms with van der Waals surface area (Å²) in [5.74, 6) is 2.50. The van der Waals surface area contributed by atoms with Crippen molar-refractivity contribution in [3.8, 4) is 23.0 Å². The van der Waals surface area contributed by atoms with Gasteiger partial charge in [0.05, 0.1) is 39.6 Å². The molecule has 0 aliphatic rings. The third-order valence-corrected chi connectivity index (χ3v) is 4.30. The summed E-state index contributed by atoms with van der Waals surface area (Å²) < 4.78 is 21.2. The summed E-state index contributed by atoms with van der Waals surface area (Å²) in [6.45, 7) is 0.336. The molecule has 0 spiro atoms. The van der Waals surface area contributed by atoms with Gasteiger partial charge in [0, 0.05) is 29.6 Å². The molecule has 1 aromatic heterocycles. The Morgan fingerprint density at radius 1 is 0.852 bits per heavy atom. The Morgan fingerprint density at radius 3 is 2.22 bits per heavy atom. The molecule has 1 heterocycles. The highest BCUT2D eigenvalue weighted by atomic mass is 16.5. The van der Waals surface area contributed by atoms with Gasteiger partial charge >= 0.3 is 0 Å². The van der Waals surface area contributed by atoms with Crippen LogP contribution in [-0.2, 0) is 6.54 Å². The number of H-pyrrole nitrogens is 1. The maximum atomic E-state index is 12.4. The van der Waals surface area contributed by atoms with Gasteiger partial charge in [-0.05, 0) is 24.3 Å². The number of benzene rings is 2. The lowest BCUT2D eigenvalue weighted by Crippen LogP contribution is -2.16. The maximum Gasteiger partial charge on any atom is 0.253 e. The molecule has 0 amide bonds. The Kier molecular flexibility index (Phi) is 5.40. The number of pyridine rings is 1. The number of methoxy groups -OCH3 is 4. The van der Waals surface area contributed by atoms with Crippen LogP contribution in [0, 0.1) is 0 Å². The molecule has 7 nitrogen and oxygen atoms in total. The number of fused-ring (bicyclic) bond motifs is 1. The highest BCUT2D eigenvalue weighted by Gasteiger charge is 2.10. The van der Waals surface area contributed by atoms with Crippen LogP contribution in [0.3, 0.4) is 0 Å². The number of hydrogen-bond acceptors (Lipinski definition) is 6. The van der Waals surface area contributed by atoms with Crippen LogP contribution >= 0.6 is 0 Å². The van der Waals surface area contributed by atoms with Gasteiger partial charge in [0.1, 0.15) is 11.5 Å². The van der Waals surface area contributed by atoms with Crippen LogP contribution in [0.1, 0.15) is 5.56 Å². The third kappa shape index (κ3) is 3.76. The minimum absolute atomic E-state index is 0.172. The van der Waals surface area contributed by atoms with E-state index in [0.29, 0.717) is 40.6 Å². The second kappa shape index (κ2) is 7.90. The summed E-state index contributed by atoms with van der Waals surface area (Å²) >= 11 is 0. The second-order valence-corrected chi connectivity index (χ2v) is 5.84. The van der Waals surface area contributed by atoms with Crippen molar-refractivity contribution in [1.29, 1.82) is 0 Å². The van der Waals surface area contributed by atoms with E-state index in [1.54, 1.807) is 40.6 Å². The van der Waals surface area contributed by atoms with Crippen LogP contribution in [0.25, 0.3) is 10.9 Å². The first-order chi connectivity index (χ1) is 13.1. The molecule has 0 unspecified atom stereocenters. The lowest BCUT2D eigenvalue weighted by atomic mass is 10.1. The zero-order valence-corrected chi connectivity index (χ0v) is 15.7. The van der Waals surface area contributed by atoms with Crippen LogP contribution in [0.5, 0.6) is 23.0 Å². The van der Waals surface area contributed by atoms with Crippen LogP contribution in [0.4, 0.5) is 5.69 Å². The van der Waals surface area contributed by atoms with E-state index in [1.807, 2.05) is 24.3 Å². The molecule has 7 heteroatoms. The second-order valence-electron chi connectivity index (χ2n) is 5.84. The van der Waals surface area contributed by atoms with E-state index in [4.69, 9.17) is 18.9 Å². The van der Waals surface area contributed by atoms with E-state index in [2.05, 4.69) is 10.3 Å². The van der Waals surface area contributed by atoms with E-state index in [1.165, 1.54) is 0 Å². The number of anilines is 1. The fourth-order valence-corrected chi connectivity index (χ4v) is 2.84. The molecule has 2 aromatic carbocycles. The lowest BCUT2D eigenvalue weighted by Gasteiger charge is -2.13. The zero-order chi connectivity index (χ0) is 19.4. The Morgan fingerprint density at radius 2 is 1.56 bits per heavy atom. The van der Waals surface area contributed by atoms with E-state index in [9.17, 15) is 4.79 Å². The quantitative estimate of drug-likeness (QED) is 0.665. The summed E-state index contributed by atoms with van der Waals surface area (Å²) in [7, 11) is 6.32. The summed E-state index contributed by atoms with van der Waals surface area (Å²) in [4.78, 5) is 15.3. The van der Waals surface area contributed by atoms with Crippen LogP contribution in [-0.4, -0.2) is 33.4 Å². The number of nitrogens with one attached hydrogen (secondary N) is 2. The summed E-state index contributed by atoms with van der Waals surface area (Å²) in [6.07, 6.45) is 0. The first-order valence-corrected chi connectivity index (χ1v) is 8.33. The monoisotopic (exact) mass is 370 g/mol. The van der Waals surface area contributed by atoms with Gasteiger partial charge in [-0.3, -0.25) is 4.79 Å². The number of aromatic amines is 1. The molecule has 0 saturated heterocycles. The van der Waals surface area contributed by atoms with Crippen molar-refractivity contribution in [3.63, 3.8) is 0 Å². The van der Waals surface area contributed by atoms with Gasteiger partial charge in [-0.15, -0.1) is 0 Å². The van der Waals surface area contributed by atoms with Crippen molar-refractivity contribution in [2.24, 2.45) is 0 Å². The number of hydrogen-bond donors (Lipinski definition) is 2. The van der Waals surface area contributed by atoms with Crippen molar-refractivity contribution < 1.29 is 18.9 Å². The summed E-state index contributed by atoms with van der Waals surface area (Å²) in [6, 6.07) is 10.9. The molecule has 27 heavy (non-hydrogen) atoms. The predicted octanol–water partition coefficient (Wildman–Crippen LogP) is 3.17. The zero-order valence-electron chi connectivity index (χ0n) is 15.7. The van der Waals surface area contributed by atoms with E-state index in [0.717, 1.165) is 11.1 Å². The smallest absolute Gasteiger partial charge is 0.253 e. The molecule has 3 rings (SSSR count). The molecule has 0 atom stereocenters. The van der Waals surface area contributed by atoms with Crippen LogP contribution in [0.2, 0.25) is 0 Å². The molecule has 0 aliphatic heterocycles. The van der Waals surface area contributed by atoms with Gasteiger partial charge in [-0.2, -0.15) is 0 Å². The normalized spacial score (nSPS) is 10.5. The van der Waals surface area contributed by atoms with E-state index in [-0.39, 0.29) is 5.56 Å². The predicted molar refractivity (Wildman–Crippen MR) is 105 cm³/mol. The molecule has 0 saturated carbocycles.